The number of nitrogens with zero attached hydrogens (tertiary/aromatic N) is 2. The van der Waals surface area contributed by atoms with Crippen molar-refractivity contribution in [2.75, 3.05) is 13.7 Å². The second kappa shape index (κ2) is 9.11. The number of carbonyl (C=O) groups excluding carboxylic acids is 1. The van der Waals surface area contributed by atoms with Crippen LogP contribution < -0.4 is 10.1 Å². The summed E-state index contributed by atoms with van der Waals surface area (Å²) in [5.74, 6) is 0.392. The third kappa shape index (κ3) is 5.35. The Labute approximate surface area is 175 Å². The number of aliphatic hydroxyl groups excluding tert-OH is 2. The minimum atomic E-state index is -1.21. The van der Waals surface area contributed by atoms with Crippen molar-refractivity contribution in [2.24, 2.45) is 0 Å². The summed E-state index contributed by atoms with van der Waals surface area (Å²) in [5, 5.41) is 24.3. The van der Waals surface area contributed by atoms with E-state index in [0.717, 1.165) is 0 Å². The Morgan fingerprint density at radius 3 is 2.67 bits per heavy atom. The molecule has 3 heterocycles. The molecule has 1 aliphatic heterocycles. The minimum absolute atomic E-state index is 0.215. The number of aliphatic hydroxyl groups is 2. The van der Waals surface area contributed by atoms with Crippen molar-refractivity contribution in [3.8, 4) is 5.88 Å². The molecule has 0 radical (unpaired) electrons. The lowest BCUT2D eigenvalue weighted by Gasteiger charge is -2.34. The van der Waals surface area contributed by atoms with E-state index in [-0.39, 0.29) is 12.6 Å². The van der Waals surface area contributed by atoms with E-state index in [1.807, 2.05) is 0 Å². The first-order valence-electron chi connectivity index (χ1n) is 9.95. The molecule has 1 fully saturated rings. The van der Waals surface area contributed by atoms with Crippen molar-refractivity contribution >= 4 is 17.1 Å². The SMILES string of the molecule is COc1ccc2nccc([C@H](O)[C@@H](O)[C@@H]3CC[C@@H](NC(=O)OC(C)(C)C)CO3)c2n1. The highest BCUT2D eigenvalue weighted by Crippen LogP contribution is 2.29. The molecular formula is C21H29N3O6. The molecular weight excluding hydrogens is 390 g/mol. The lowest BCUT2D eigenvalue weighted by molar-refractivity contribution is -0.113. The van der Waals surface area contributed by atoms with Crippen molar-refractivity contribution in [1.82, 2.24) is 15.3 Å². The summed E-state index contributed by atoms with van der Waals surface area (Å²) in [6, 6.07) is 4.84. The molecule has 30 heavy (non-hydrogen) atoms. The van der Waals surface area contributed by atoms with Gasteiger partial charge in [0.25, 0.3) is 0 Å². The van der Waals surface area contributed by atoms with Crippen LogP contribution in [0.1, 0.15) is 45.3 Å². The van der Waals surface area contributed by atoms with Crippen LogP contribution in [-0.4, -0.2) is 63.8 Å². The lowest BCUT2D eigenvalue weighted by atomic mass is 9.94. The van der Waals surface area contributed by atoms with Crippen molar-refractivity contribution in [1.29, 1.82) is 0 Å². The van der Waals surface area contributed by atoms with Crippen LogP contribution in [0.4, 0.5) is 4.79 Å². The number of alkyl carbamates (subject to hydrolysis) is 1. The molecule has 0 aromatic carbocycles. The summed E-state index contributed by atoms with van der Waals surface area (Å²) in [6.45, 7) is 5.61. The normalized spacial score (nSPS) is 21.7. The van der Waals surface area contributed by atoms with E-state index in [0.29, 0.717) is 35.3 Å². The molecule has 1 saturated heterocycles. The highest BCUT2D eigenvalue weighted by molar-refractivity contribution is 5.78. The van der Waals surface area contributed by atoms with Gasteiger partial charge < -0.3 is 29.7 Å². The molecule has 1 aliphatic rings. The van der Waals surface area contributed by atoms with Gasteiger partial charge >= 0.3 is 6.09 Å². The van der Waals surface area contributed by atoms with E-state index in [1.165, 1.54) is 7.11 Å². The Morgan fingerprint density at radius 1 is 1.27 bits per heavy atom. The predicted molar refractivity (Wildman–Crippen MR) is 109 cm³/mol. The summed E-state index contributed by atoms with van der Waals surface area (Å²) >= 11 is 0. The van der Waals surface area contributed by atoms with Gasteiger partial charge in [0.2, 0.25) is 5.88 Å². The van der Waals surface area contributed by atoms with Crippen molar-refractivity contribution in [3.05, 3.63) is 30.0 Å². The molecule has 0 saturated carbocycles. The third-order valence-electron chi connectivity index (χ3n) is 4.85. The van der Waals surface area contributed by atoms with Crippen LogP contribution in [-0.2, 0) is 9.47 Å². The second-order valence-electron chi connectivity index (χ2n) is 8.35. The van der Waals surface area contributed by atoms with E-state index in [4.69, 9.17) is 14.2 Å². The van der Waals surface area contributed by atoms with Crippen molar-refractivity contribution < 1.29 is 29.2 Å². The Bertz CT molecular complexity index is 877. The van der Waals surface area contributed by atoms with Gasteiger partial charge in [-0.2, -0.15) is 0 Å². The molecule has 4 atom stereocenters. The molecule has 0 spiro atoms. The standard InChI is InChI=1S/C21H29N3O6/c1-21(2,3)30-20(27)23-12-5-7-15(29-11-12)19(26)18(25)13-9-10-22-14-6-8-16(28-4)24-17(13)14/h6,8-10,12,15,18-19,25-26H,5,7,11H2,1-4H3,(H,23,27)/t12-,15+,18+,19+/m1/s1. The van der Waals surface area contributed by atoms with Crippen LogP contribution in [0.2, 0.25) is 0 Å². The number of methoxy groups -OCH3 is 1. The number of nitrogens with one attached hydrogen (secondary N) is 1. The largest absolute Gasteiger partial charge is 0.481 e. The first-order chi connectivity index (χ1) is 14.2. The van der Waals surface area contributed by atoms with Gasteiger partial charge in [0, 0.05) is 17.8 Å². The molecule has 3 rings (SSSR count). The van der Waals surface area contributed by atoms with Crippen LogP contribution >= 0.6 is 0 Å². The monoisotopic (exact) mass is 419 g/mol. The van der Waals surface area contributed by atoms with Crippen LogP contribution in [0.25, 0.3) is 11.0 Å². The summed E-state index contributed by atoms with van der Waals surface area (Å²) in [6.07, 6.45) is -0.829. The number of amides is 1. The molecule has 2 aromatic heterocycles. The summed E-state index contributed by atoms with van der Waals surface area (Å²) in [4.78, 5) is 20.5. The van der Waals surface area contributed by atoms with Crippen molar-refractivity contribution in [2.45, 2.75) is 63.6 Å². The Morgan fingerprint density at radius 2 is 2.03 bits per heavy atom. The fraction of sp³-hybridized carbons (Fsp3) is 0.571. The lowest BCUT2D eigenvalue weighted by Crippen LogP contribution is -2.47. The Hall–Kier alpha value is -2.49. The van der Waals surface area contributed by atoms with Gasteiger partial charge in [-0.3, -0.25) is 4.98 Å². The zero-order chi connectivity index (χ0) is 21.9. The third-order valence-corrected chi connectivity index (χ3v) is 4.85. The number of ether oxygens (including phenoxy) is 3. The topological polar surface area (TPSA) is 123 Å². The molecule has 164 valence electrons. The fourth-order valence-corrected chi connectivity index (χ4v) is 3.40. The molecule has 2 aromatic rings. The van der Waals surface area contributed by atoms with E-state index < -0.39 is 30.0 Å². The Kier molecular flexibility index (Phi) is 6.74. The zero-order valence-corrected chi connectivity index (χ0v) is 17.7. The van der Waals surface area contributed by atoms with Gasteiger partial charge in [-0.25, -0.2) is 9.78 Å². The average Bonchev–Trinajstić information content (AvgIpc) is 2.71. The molecule has 9 heteroatoms. The van der Waals surface area contributed by atoms with Crippen molar-refractivity contribution in [3.63, 3.8) is 0 Å². The maximum Gasteiger partial charge on any atom is 0.407 e. The molecule has 1 amide bonds. The zero-order valence-electron chi connectivity index (χ0n) is 17.7. The first-order valence-corrected chi connectivity index (χ1v) is 9.95. The highest BCUT2D eigenvalue weighted by Gasteiger charge is 2.34. The van der Waals surface area contributed by atoms with Gasteiger partial charge in [0.1, 0.15) is 17.8 Å². The number of aromatic nitrogens is 2. The van der Waals surface area contributed by atoms with E-state index in [9.17, 15) is 15.0 Å². The maximum atomic E-state index is 11.9. The number of hydrogen-bond donors (Lipinski definition) is 3. The Balaban J connectivity index is 1.63. The minimum Gasteiger partial charge on any atom is -0.481 e. The van der Waals surface area contributed by atoms with E-state index in [1.54, 1.807) is 45.2 Å². The van der Waals surface area contributed by atoms with Crippen LogP contribution in [0.5, 0.6) is 5.88 Å². The predicted octanol–water partition coefficient (Wildman–Crippen LogP) is 2.10. The van der Waals surface area contributed by atoms with E-state index in [2.05, 4.69) is 15.3 Å². The number of carbonyl (C=O) groups is 1. The highest BCUT2D eigenvalue weighted by atomic mass is 16.6. The maximum absolute atomic E-state index is 11.9. The van der Waals surface area contributed by atoms with Gasteiger partial charge in [-0.1, -0.05) is 0 Å². The molecule has 3 N–H and O–H groups in total. The first kappa shape index (κ1) is 22.2. The number of rotatable bonds is 5. The van der Waals surface area contributed by atoms with Gasteiger partial charge in [-0.05, 0) is 45.7 Å². The smallest absolute Gasteiger partial charge is 0.407 e. The summed E-state index contributed by atoms with van der Waals surface area (Å²) in [7, 11) is 1.51. The van der Waals surface area contributed by atoms with Crippen LogP contribution in [0, 0.1) is 0 Å². The fourth-order valence-electron chi connectivity index (χ4n) is 3.40. The van der Waals surface area contributed by atoms with Crippen LogP contribution in [0.15, 0.2) is 24.4 Å². The van der Waals surface area contributed by atoms with Gasteiger partial charge in [0.15, 0.2) is 0 Å². The number of fused-ring (bicyclic) bond motifs is 1. The number of pyridine rings is 2. The molecule has 0 aliphatic carbocycles. The molecule has 0 bridgehead atoms. The van der Waals surface area contributed by atoms with E-state index >= 15 is 0 Å². The summed E-state index contributed by atoms with van der Waals surface area (Å²) in [5.41, 5.74) is 0.922. The quantitative estimate of drug-likeness (QED) is 0.673. The summed E-state index contributed by atoms with van der Waals surface area (Å²) < 4.78 is 16.1. The van der Waals surface area contributed by atoms with Crippen LogP contribution in [0.3, 0.4) is 0 Å². The molecule has 9 nitrogen and oxygen atoms in total. The second-order valence-corrected chi connectivity index (χ2v) is 8.35. The number of hydrogen-bond acceptors (Lipinski definition) is 8. The van der Waals surface area contributed by atoms with Gasteiger partial charge in [-0.15, -0.1) is 0 Å². The molecule has 0 unspecified atom stereocenters. The van der Waals surface area contributed by atoms with Gasteiger partial charge in [0.05, 0.1) is 36.9 Å². The average molecular weight is 419 g/mol.